The number of carboxylic acids is 1. The molecule has 5 nitrogen and oxygen atoms in total. The van der Waals surface area contributed by atoms with Crippen LogP contribution in [-0.2, 0) is 4.79 Å². The standard InChI is InChI=1S/C14H26N2O3/c1-3-7-12(13(17)18)16-14(19)15-10(2)11-8-5-4-6-9-11/h10-12H,3-9H2,1-2H3,(H,17,18)(H2,15,16,19). The quantitative estimate of drug-likeness (QED) is 0.694. The third-order valence-electron chi connectivity index (χ3n) is 3.90. The van der Waals surface area contributed by atoms with Gasteiger partial charge in [-0.2, -0.15) is 0 Å². The number of amides is 2. The van der Waals surface area contributed by atoms with E-state index in [1.807, 2.05) is 13.8 Å². The van der Waals surface area contributed by atoms with Gasteiger partial charge in [-0.15, -0.1) is 0 Å². The first kappa shape index (κ1) is 15.8. The molecule has 0 radical (unpaired) electrons. The van der Waals surface area contributed by atoms with E-state index in [2.05, 4.69) is 10.6 Å². The fourth-order valence-corrected chi connectivity index (χ4v) is 2.70. The predicted molar refractivity (Wildman–Crippen MR) is 74.0 cm³/mol. The number of hydrogen-bond acceptors (Lipinski definition) is 2. The van der Waals surface area contributed by atoms with Gasteiger partial charge in [0.05, 0.1) is 0 Å². The zero-order chi connectivity index (χ0) is 14.3. The Labute approximate surface area is 115 Å². The minimum atomic E-state index is -0.970. The first-order valence-corrected chi connectivity index (χ1v) is 7.34. The third-order valence-corrected chi connectivity index (χ3v) is 3.90. The van der Waals surface area contributed by atoms with Crippen LogP contribution in [-0.4, -0.2) is 29.2 Å². The van der Waals surface area contributed by atoms with Crippen molar-refractivity contribution in [2.75, 3.05) is 0 Å². The lowest BCUT2D eigenvalue weighted by Gasteiger charge is -2.28. The van der Waals surface area contributed by atoms with Crippen molar-refractivity contribution in [3.05, 3.63) is 0 Å². The lowest BCUT2D eigenvalue weighted by Crippen LogP contribution is -2.50. The number of carbonyl (C=O) groups is 2. The molecule has 2 unspecified atom stereocenters. The van der Waals surface area contributed by atoms with Crippen molar-refractivity contribution in [1.29, 1.82) is 0 Å². The van der Waals surface area contributed by atoms with Crippen LogP contribution in [0.2, 0.25) is 0 Å². The second-order valence-corrected chi connectivity index (χ2v) is 5.48. The van der Waals surface area contributed by atoms with Crippen LogP contribution in [0.15, 0.2) is 0 Å². The van der Waals surface area contributed by atoms with Crippen molar-refractivity contribution < 1.29 is 14.7 Å². The van der Waals surface area contributed by atoms with E-state index in [1.165, 1.54) is 19.3 Å². The highest BCUT2D eigenvalue weighted by atomic mass is 16.4. The largest absolute Gasteiger partial charge is 0.480 e. The SMILES string of the molecule is CCCC(NC(=O)NC(C)C1CCCCC1)C(=O)O. The van der Waals surface area contributed by atoms with Crippen LogP contribution in [0.1, 0.15) is 58.8 Å². The molecule has 2 atom stereocenters. The summed E-state index contributed by atoms with van der Waals surface area (Å²) >= 11 is 0. The molecule has 0 aromatic carbocycles. The van der Waals surface area contributed by atoms with Crippen molar-refractivity contribution in [2.45, 2.75) is 70.9 Å². The van der Waals surface area contributed by atoms with Crippen LogP contribution in [0, 0.1) is 5.92 Å². The van der Waals surface area contributed by atoms with Gasteiger partial charge >= 0.3 is 12.0 Å². The minimum absolute atomic E-state index is 0.108. The summed E-state index contributed by atoms with van der Waals surface area (Å²) in [5.74, 6) is -0.448. The van der Waals surface area contributed by atoms with Gasteiger partial charge in [0.2, 0.25) is 0 Å². The Balaban J connectivity index is 2.38. The third kappa shape index (κ3) is 5.49. The summed E-state index contributed by atoms with van der Waals surface area (Å²) in [6.07, 6.45) is 7.23. The summed E-state index contributed by atoms with van der Waals surface area (Å²) < 4.78 is 0. The Kier molecular flexibility index (Phi) is 6.67. The van der Waals surface area contributed by atoms with E-state index in [4.69, 9.17) is 5.11 Å². The zero-order valence-electron chi connectivity index (χ0n) is 11.9. The highest BCUT2D eigenvalue weighted by Gasteiger charge is 2.23. The van der Waals surface area contributed by atoms with Crippen LogP contribution in [0.4, 0.5) is 4.79 Å². The van der Waals surface area contributed by atoms with E-state index in [9.17, 15) is 9.59 Å². The molecule has 3 N–H and O–H groups in total. The van der Waals surface area contributed by atoms with Gasteiger partial charge in [-0.05, 0) is 32.1 Å². The minimum Gasteiger partial charge on any atom is -0.480 e. The summed E-state index contributed by atoms with van der Waals surface area (Å²) in [5, 5.41) is 14.4. The molecule has 0 aromatic heterocycles. The molecule has 5 heteroatoms. The second-order valence-electron chi connectivity index (χ2n) is 5.48. The molecule has 1 aliphatic rings. The molecule has 1 aliphatic carbocycles. The topological polar surface area (TPSA) is 78.4 Å². The summed E-state index contributed by atoms with van der Waals surface area (Å²) in [7, 11) is 0. The number of carbonyl (C=O) groups excluding carboxylic acids is 1. The van der Waals surface area contributed by atoms with Crippen LogP contribution in [0.5, 0.6) is 0 Å². The van der Waals surface area contributed by atoms with Crippen LogP contribution >= 0.6 is 0 Å². The maximum Gasteiger partial charge on any atom is 0.326 e. The molecule has 0 aliphatic heterocycles. The monoisotopic (exact) mass is 270 g/mol. The van der Waals surface area contributed by atoms with Gasteiger partial charge in [0.1, 0.15) is 6.04 Å². The molecule has 19 heavy (non-hydrogen) atoms. The molecule has 2 amide bonds. The van der Waals surface area contributed by atoms with E-state index in [0.717, 1.165) is 19.3 Å². The van der Waals surface area contributed by atoms with Gasteiger partial charge in [0.25, 0.3) is 0 Å². The summed E-state index contributed by atoms with van der Waals surface area (Å²) in [4.78, 5) is 22.8. The van der Waals surface area contributed by atoms with Gasteiger partial charge in [-0.3, -0.25) is 0 Å². The lowest BCUT2D eigenvalue weighted by molar-refractivity contribution is -0.139. The van der Waals surface area contributed by atoms with Crippen molar-refractivity contribution in [3.63, 3.8) is 0 Å². The molecule has 1 fully saturated rings. The number of urea groups is 1. The molecule has 0 aromatic rings. The number of rotatable bonds is 6. The van der Waals surface area contributed by atoms with Crippen LogP contribution in [0.3, 0.4) is 0 Å². The Morgan fingerprint density at radius 1 is 1.21 bits per heavy atom. The molecule has 0 bridgehead atoms. The normalized spacial score (nSPS) is 19.5. The number of nitrogens with one attached hydrogen (secondary N) is 2. The van der Waals surface area contributed by atoms with E-state index < -0.39 is 12.0 Å². The summed E-state index contributed by atoms with van der Waals surface area (Å²) in [5.41, 5.74) is 0. The molecule has 0 heterocycles. The van der Waals surface area contributed by atoms with Crippen molar-refractivity contribution >= 4 is 12.0 Å². The van der Waals surface area contributed by atoms with E-state index >= 15 is 0 Å². The first-order chi connectivity index (χ1) is 9.04. The Bertz CT molecular complexity index is 301. The fourth-order valence-electron chi connectivity index (χ4n) is 2.70. The van der Waals surface area contributed by atoms with Crippen LogP contribution < -0.4 is 10.6 Å². The molecule has 1 saturated carbocycles. The molecule has 0 saturated heterocycles. The van der Waals surface area contributed by atoms with Crippen molar-refractivity contribution in [1.82, 2.24) is 10.6 Å². The van der Waals surface area contributed by atoms with Gasteiger partial charge < -0.3 is 15.7 Å². The number of aliphatic carboxylic acids is 1. The van der Waals surface area contributed by atoms with E-state index in [-0.39, 0.29) is 12.1 Å². The average molecular weight is 270 g/mol. The van der Waals surface area contributed by atoms with Crippen molar-refractivity contribution in [3.8, 4) is 0 Å². The number of carboxylic acid groups (broad SMARTS) is 1. The summed E-state index contributed by atoms with van der Waals surface area (Å²) in [6.45, 7) is 3.91. The highest BCUT2D eigenvalue weighted by molar-refractivity contribution is 5.82. The van der Waals surface area contributed by atoms with Gasteiger partial charge in [0, 0.05) is 6.04 Å². The fraction of sp³-hybridized carbons (Fsp3) is 0.857. The van der Waals surface area contributed by atoms with E-state index in [0.29, 0.717) is 12.3 Å². The van der Waals surface area contributed by atoms with Gasteiger partial charge in [-0.1, -0.05) is 32.6 Å². The molecule has 110 valence electrons. The maximum atomic E-state index is 11.8. The average Bonchev–Trinajstić information content (AvgIpc) is 2.39. The van der Waals surface area contributed by atoms with Gasteiger partial charge in [0.15, 0.2) is 0 Å². The molecular weight excluding hydrogens is 244 g/mol. The van der Waals surface area contributed by atoms with E-state index in [1.54, 1.807) is 0 Å². The molecular formula is C14H26N2O3. The molecule has 1 rings (SSSR count). The molecule has 0 spiro atoms. The first-order valence-electron chi connectivity index (χ1n) is 7.34. The van der Waals surface area contributed by atoms with Crippen LogP contribution in [0.25, 0.3) is 0 Å². The smallest absolute Gasteiger partial charge is 0.326 e. The Hall–Kier alpha value is -1.26. The zero-order valence-corrected chi connectivity index (χ0v) is 11.9. The van der Waals surface area contributed by atoms with Gasteiger partial charge in [-0.25, -0.2) is 9.59 Å². The lowest BCUT2D eigenvalue weighted by atomic mass is 9.85. The number of hydrogen-bond donors (Lipinski definition) is 3. The Morgan fingerprint density at radius 3 is 2.37 bits per heavy atom. The predicted octanol–water partition coefficient (Wildman–Crippen LogP) is 2.51. The second kappa shape index (κ2) is 8.02. The Morgan fingerprint density at radius 2 is 1.84 bits per heavy atom. The maximum absolute atomic E-state index is 11.8. The summed E-state index contributed by atoms with van der Waals surface area (Å²) in [6, 6.07) is -1.04. The van der Waals surface area contributed by atoms with Crippen molar-refractivity contribution in [2.24, 2.45) is 5.92 Å². The highest BCUT2D eigenvalue weighted by Crippen LogP contribution is 2.26.